The molecule has 134 valence electrons. The molecule has 4 saturated carbocycles. The number of aliphatic hydroxyl groups excluding tert-OH is 1. The van der Waals surface area contributed by atoms with Gasteiger partial charge >= 0.3 is 0 Å². The number of rotatable bonds is 0. The van der Waals surface area contributed by atoms with Crippen molar-refractivity contribution in [2.24, 2.45) is 39.7 Å². The summed E-state index contributed by atoms with van der Waals surface area (Å²) in [6.45, 7) is 7.02. The summed E-state index contributed by atoms with van der Waals surface area (Å²) in [5.41, 5.74) is 3.06. The maximum Gasteiger partial charge on any atom is 0.0618 e. The second-order valence-electron chi connectivity index (χ2n) is 9.49. The topological polar surface area (TPSA) is 52.8 Å². The van der Waals surface area contributed by atoms with Gasteiger partial charge in [0, 0.05) is 5.92 Å². The van der Waals surface area contributed by atoms with Gasteiger partial charge in [0.1, 0.15) is 0 Å². The largest absolute Gasteiger partial charge is 0.411 e. The molecule has 0 aromatic rings. The molecule has 4 aliphatic rings. The number of allylic oxidation sites excluding steroid dienone is 2. The zero-order valence-electron chi connectivity index (χ0n) is 15.5. The van der Waals surface area contributed by atoms with Crippen LogP contribution in [0.4, 0.5) is 0 Å². The standard InChI is InChI=1S/C21H33NO2/c1-4-13-6-8-17-16-7-5-14-11-15(23)9-10-20(14,2)19(16)18(22-24)12-21(13,17)3/h4,14-17,19,23-24H,5-12H2,1-3H3/b13-4-,22-18?/t14-,15+,16-,17-,19+,20-,21+/m0/s1. The number of aliphatic hydroxyl groups is 1. The Kier molecular flexibility index (Phi) is 3.87. The van der Waals surface area contributed by atoms with E-state index in [4.69, 9.17) is 0 Å². The first-order chi connectivity index (χ1) is 11.4. The van der Waals surface area contributed by atoms with E-state index >= 15 is 0 Å². The number of oxime groups is 1. The maximum atomic E-state index is 10.2. The lowest BCUT2D eigenvalue weighted by Gasteiger charge is -2.60. The molecule has 4 rings (SSSR count). The molecule has 3 nitrogen and oxygen atoms in total. The molecule has 0 bridgehead atoms. The molecular weight excluding hydrogens is 298 g/mol. The Labute approximate surface area is 146 Å². The lowest BCUT2D eigenvalue weighted by atomic mass is 9.44. The van der Waals surface area contributed by atoms with E-state index in [2.05, 4.69) is 32.0 Å². The van der Waals surface area contributed by atoms with E-state index in [1.165, 1.54) is 25.7 Å². The van der Waals surface area contributed by atoms with Crippen molar-refractivity contribution in [2.45, 2.75) is 78.2 Å². The molecule has 0 heterocycles. The lowest BCUT2D eigenvalue weighted by Crippen LogP contribution is -2.57. The third-order valence-electron chi connectivity index (χ3n) is 8.67. The predicted octanol–water partition coefficient (Wildman–Crippen LogP) is 4.78. The van der Waals surface area contributed by atoms with Gasteiger partial charge in [-0.1, -0.05) is 30.7 Å². The Morgan fingerprint density at radius 3 is 2.67 bits per heavy atom. The smallest absolute Gasteiger partial charge is 0.0618 e. The molecule has 2 N–H and O–H groups in total. The Bertz CT molecular complexity index is 582. The van der Waals surface area contributed by atoms with Crippen LogP contribution in [0.3, 0.4) is 0 Å². The van der Waals surface area contributed by atoms with Gasteiger partial charge in [0.25, 0.3) is 0 Å². The van der Waals surface area contributed by atoms with Gasteiger partial charge in [0.2, 0.25) is 0 Å². The van der Waals surface area contributed by atoms with Crippen molar-refractivity contribution in [3.05, 3.63) is 11.6 Å². The summed E-state index contributed by atoms with van der Waals surface area (Å²) in [7, 11) is 0. The molecule has 0 amide bonds. The Morgan fingerprint density at radius 2 is 1.96 bits per heavy atom. The molecule has 3 heteroatoms. The third-order valence-corrected chi connectivity index (χ3v) is 8.67. The van der Waals surface area contributed by atoms with Crippen LogP contribution >= 0.6 is 0 Å². The fourth-order valence-electron chi connectivity index (χ4n) is 7.51. The SMILES string of the molecule is C/C=C1/CC[C@H]2[C@@H]3CC[C@H]4C[C@H](O)CC[C@]4(C)[C@H]3C(=NO)C[C@]12C. The minimum atomic E-state index is -0.121. The van der Waals surface area contributed by atoms with Crippen LogP contribution in [0.5, 0.6) is 0 Å². The van der Waals surface area contributed by atoms with Crippen molar-refractivity contribution in [1.29, 1.82) is 0 Å². The quantitative estimate of drug-likeness (QED) is 0.381. The van der Waals surface area contributed by atoms with E-state index in [1.807, 2.05) is 0 Å². The minimum absolute atomic E-state index is 0.121. The average molecular weight is 332 g/mol. The predicted molar refractivity (Wildman–Crippen MR) is 96.1 cm³/mol. The van der Waals surface area contributed by atoms with E-state index < -0.39 is 0 Å². The molecule has 4 aliphatic carbocycles. The van der Waals surface area contributed by atoms with Crippen LogP contribution in [-0.2, 0) is 0 Å². The van der Waals surface area contributed by atoms with E-state index in [0.29, 0.717) is 17.8 Å². The minimum Gasteiger partial charge on any atom is -0.411 e. The molecule has 4 fully saturated rings. The van der Waals surface area contributed by atoms with Gasteiger partial charge in [0.05, 0.1) is 11.8 Å². The van der Waals surface area contributed by atoms with Gasteiger partial charge in [0.15, 0.2) is 0 Å². The van der Waals surface area contributed by atoms with Crippen molar-refractivity contribution in [3.63, 3.8) is 0 Å². The molecule has 0 saturated heterocycles. The first kappa shape index (κ1) is 16.6. The normalized spacial score (nSPS) is 54.4. The van der Waals surface area contributed by atoms with Crippen molar-refractivity contribution in [2.75, 3.05) is 0 Å². The van der Waals surface area contributed by atoms with Gasteiger partial charge < -0.3 is 10.3 Å². The zero-order chi connectivity index (χ0) is 17.1. The van der Waals surface area contributed by atoms with Crippen LogP contribution in [0.25, 0.3) is 0 Å². The van der Waals surface area contributed by atoms with Crippen molar-refractivity contribution < 1.29 is 10.3 Å². The average Bonchev–Trinajstić information content (AvgIpc) is 2.90. The van der Waals surface area contributed by atoms with Crippen LogP contribution in [0.2, 0.25) is 0 Å². The molecule has 0 aromatic carbocycles. The van der Waals surface area contributed by atoms with Crippen LogP contribution in [-0.4, -0.2) is 22.1 Å². The number of hydrogen-bond acceptors (Lipinski definition) is 3. The highest BCUT2D eigenvalue weighted by Gasteiger charge is 2.61. The second-order valence-corrected chi connectivity index (χ2v) is 9.49. The number of hydrogen-bond donors (Lipinski definition) is 2. The number of fused-ring (bicyclic) bond motifs is 5. The molecule has 0 aromatic heterocycles. The van der Waals surface area contributed by atoms with Crippen molar-refractivity contribution >= 4 is 5.71 Å². The van der Waals surface area contributed by atoms with Crippen molar-refractivity contribution in [1.82, 2.24) is 0 Å². The second kappa shape index (κ2) is 5.59. The highest BCUT2D eigenvalue weighted by atomic mass is 16.4. The molecule has 7 atom stereocenters. The van der Waals surface area contributed by atoms with Gasteiger partial charge in [-0.15, -0.1) is 0 Å². The molecule has 0 spiro atoms. The Balaban J connectivity index is 1.74. The first-order valence-electron chi connectivity index (χ1n) is 9.98. The molecule has 0 aliphatic heterocycles. The van der Waals surface area contributed by atoms with E-state index in [1.54, 1.807) is 5.57 Å². The molecule has 24 heavy (non-hydrogen) atoms. The van der Waals surface area contributed by atoms with Gasteiger partial charge in [-0.3, -0.25) is 0 Å². The highest BCUT2D eigenvalue weighted by molar-refractivity contribution is 5.89. The lowest BCUT2D eigenvalue weighted by molar-refractivity contribution is -0.0768. The first-order valence-corrected chi connectivity index (χ1v) is 9.98. The van der Waals surface area contributed by atoms with Crippen LogP contribution in [0.1, 0.15) is 72.1 Å². The Morgan fingerprint density at radius 1 is 1.17 bits per heavy atom. The Hall–Kier alpha value is -0.830. The summed E-state index contributed by atoms with van der Waals surface area (Å²) in [6, 6.07) is 0. The molecule has 0 unspecified atom stereocenters. The van der Waals surface area contributed by atoms with Gasteiger partial charge in [-0.05, 0) is 86.9 Å². The van der Waals surface area contributed by atoms with E-state index in [0.717, 1.165) is 37.3 Å². The fraction of sp³-hybridized carbons (Fsp3) is 0.857. The highest BCUT2D eigenvalue weighted by Crippen LogP contribution is 2.66. The summed E-state index contributed by atoms with van der Waals surface area (Å²) < 4.78 is 0. The van der Waals surface area contributed by atoms with Crippen LogP contribution < -0.4 is 0 Å². The van der Waals surface area contributed by atoms with Gasteiger partial charge in [-0.2, -0.15) is 0 Å². The van der Waals surface area contributed by atoms with Crippen LogP contribution in [0, 0.1) is 34.5 Å². The molecular formula is C21H33NO2. The van der Waals surface area contributed by atoms with Crippen molar-refractivity contribution in [3.8, 4) is 0 Å². The maximum absolute atomic E-state index is 10.2. The van der Waals surface area contributed by atoms with Gasteiger partial charge in [-0.25, -0.2) is 0 Å². The molecule has 0 radical (unpaired) electrons. The summed E-state index contributed by atoms with van der Waals surface area (Å²) in [5.74, 6) is 2.40. The fourth-order valence-corrected chi connectivity index (χ4v) is 7.51. The monoisotopic (exact) mass is 331 g/mol. The van der Waals surface area contributed by atoms with E-state index in [9.17, 15) is 10.3 Å². The summed E-state index contributed by atoms with van der Waals surface area (Å²) >= 11 is 0. The van der Waals surface area contributed by atoms with Crippen LogP contribution in [0.15, 0.2) is 16.8 Å². The summed E-state index contributed by atoms with van der Waals surface area (Å²) in [4.78, 5) is 0. The summed E-state index contributed by atoms with van der Waals surface area (Å²) in [5, 5.41) is 23.9. The van der Waals surface area contributed by atoms with E-state index in [-0.39, 0.29) is 16.9 Å². The zero-order valence-corrected chi connectivity index (χ0v) is 15.5. The number of nitrogens with zero attached hydrogens (tertiary/aromatic N) is 1. The third kappa shape index (κ3) is 2.09. The summed E-state index contributed by atoms with van der Waals surface area (Å²) in [6.07, 6.45) is 11.1.